The number of rotatable bonds is 7. The van der Waals surface area contributed by atoms with Gasteiger partial charge in [0.25, 0.3) is 5.91 Å². The van der Waals surface area contributed by atoms with E-state index in [1.807, 2.05) is 16.5 Å². The molecule has 4 rings (SSSR count). The monoisotopic (exact) mass is 517 g/mol. The van der Waals surface area contributed by atoms with Gasteiger partial charge in [0.2, 0.25) is 0 Å². The highest BCUT2D eigenvalue weighted by atomic mass is 32.2. The van der Waals surface area contributed by atoms with Crippen molar-refractivity contribution in [3.8, 4) is 5.75 Å². The molecular formula is C25H22F3N3O4S. The molecule has 1 amide bonds. The number of aliphatic imine (C=N–C) groups is 1. The molecule has 0 aromatic heterocycles. The summed E-state index contributed by atoms with van der Waals surface area (Å²) in [6, 6.07) is 11.0. The van der Waals surface area contributed by atoms with E-state index in [4.69, 9.17) is 9.47 Å². The molecule has 0 aliphatic carbocycles. The van der Waals surface area contributed by atoms with E-state index in [1.54, 1.807) is 38.1 Å². The molecule has 7 nitrogen and oxygen atoms in total. The fourth-order valence-corrected chi connectivity index (χ4v) is 4.61. The van der Waals surface area contributed by atoms with Crippen LogP contribution in [-0.4, -0.2) is 35.2 Å². The Kier molecular flexibility index (Phi) is 7.39. The Balaban J connectivity index is 1.46. The van der Waals surface area contributed by atoms with E-state index in [9.17, 15) is 22.8 Å². The highest BCUT2D eigenvalue weighted by Crippen LogP contribution is 2.41. The summed E-state index contributed by atoms with van der Waals surface area (Å²) in [5.74, 6) is -0.844. The third-order valence-electron chi connectivity index (χ3n) is 5.39. The molecule has 2 aromatic rings. The van der Waals surface area contributed by atoms with Crippen LogP contribution in [-0.2, 0) is 20.5 Å². The number of amides is 1. The number of anilines is 1. The number of esters is 1. The third-order valence-corrected chi connectivity index (χ3v) is 6.16. The van der Waals surface area contributed by atoms with Gasteiger partial charge in [0, 0.05) is 6.20 Å². The van der Waals surface area contributed by atoms with E-state index in [0.29, 0.717) is 17.0 Å². The zero-order valence-electron chi connectivity index (χ0n) is 19.3. The minimum atomic E-state index is -4.59. The van der Waals surface area contributed by atoms with Crippen LogP contribution in [0.2, 0.25) is 0 Å². The van der Waals surface area contributed by atoms with Gasteiger partial charge in [-0.25, -0.2) is 9.79 Å². The average molecular weight is 518 g/mol. The van der Waals surface area contributed by atoms with Crippen molar-refractivity contribution < 1.29 is 32.2 Å². The fraction of sp³-hybridized carbons (Fsp3) is 0.240. The van der Waals surface area contributed by atoms with Gasteiger partial charge in [-0.2, -0.15) is 13.2 Å². The topological polar surface area (TPSA) is 80.2 Å². The summed E-state index contributed by atoms with van der Waals surface area (Å²) < 4.78 is 50.1. The molecule has 11 heteroatoms. The van der Waals surface area contributed by atoms with Gasteiger partial charge >= 0.3 is 12.1 Å². The highest BCUT2D eigenvalue weighted by Gasteiger charge is 2.37. The summed E-state index contributed by atoms with van der Waals surface area (Å²) in [7, 11) is 0. The van der Waals surface area contributed by atoms with Crippen molar-refractivity contribution in [1.29, 1.82) is 0 Å². The maximum atomic E-state index is 13.1. The number of carbonyl (C=O) groups is 2. The van der Waals surface area contributed by atoms with Gasteiger partial charge < -0.3 is 19.7 Å². The number of nitrogens with zero attached hydrogens (tertiary/aromatic N) is 2. The zero-order chi connectivity index (χ0) is 25.9. The minimum Gasteiger partial charge on any atom is -0.484 e. The number of hydrogen-bond acceptors (Lipinski definition) is 7. The van der Waals surface area contributed by atoms with E-state index < -0.39 is 36.3 Å². The first-order valence-electron chi connectivity index (χ1n) is 11.0. The number of carbonyl (C=O) groups excluding carboxylic acids is 2. The van der Waals surface area contributed by atoms with Crippen LogP contribution in [0, 0.1) is 0 Å². The number of alkyl halides is 3. The summed E-state index contributed by atoms with van der Waals surface area (Å²) >= 11 is 1.44. The van der Waals surface area contributed by atoms with Crippen molar-refractivity contribution in [1.82, 2.24) is 4.90 Å². The number of thioether (sulfide) groups is 1. The molecule has 0 bridgehead atoms. The van der Waals surface area contributed by atoms with Crippen LogP contribution in [0.25, 0.3) is 0 Å². The van der Waals surface area contributed by atoms with Crippen molar-refractivity contribution >= 4 is 34.5 Å². The average Bonchev–Trinajstić information content (AvgIpc) is 3.30. The van der Waals surface area contributed by atoms with Crippen molar-refractivity contribution in [3.63, 3.8) is 0 Å². The lowest BCUT2D eigenvalue weighted by molar-refractivity contribution is -0.139. The Hall–Kier alpha value is -3.73. The molecule has 0 saturated carbocycles. The van der Waals surface area contributed by atoms with Gasteiger partial charge in [-0.1, -0.05) is 36.0 Å². The van der Waals surface area contributed by atoms with Crippen LogP contribution in [0.1, 0.15) is 31.0 Å². The van der Waals surface area contributed by atoms with Gasteiger partial charge in [-0.05, 0) is 49.1 Å². The maximum absolute atomic E-state index is 13.1. The summed E-state index contributed by atoms with van der Waals surface area (Å²) in [5.41, 5.74) is 0.482. The molecule has 2 aliphatic heterocycles. The largest absolute Gasteiger partial charge is 0.484 e. The maximum Gasteiger partial charge on any atom is 0.418 e. The molecule has 0 radical (unpaired) electrons. The van der Waals surface area contributed by atoms with Crippen LogP contribution in [0.3, 0.4) is 0 Å². The summed E-state index contributed by atoms with van der Waals surface area (Å²) in [4.78, 5) is 31.3. The molecule has 1 atom stereocenters. The Morgan fingerprint density at radius 2 is 1.86 bits per heavy atom. The first-order valence-corrected chi connectivity index (χ1v) is 11.8. The second-order valence-electron chi connectivity index (χ2n) is 7.78. The van der Waals surface area contributed by atoms with Gasteiger partial charge in [-0.3, -0.25) is 4.79 Å². The van der Waals surface area contributed by atoms with E-state index in [2.05, 4.69) is 10.3 Å². The first-order chi connectivity index (χ1) is 17.2. The van der Waals surface area contributed by atoms with E-state index >= 15 is 0 Å². The summed E-state index contributed by atoms with van der Waals surface area (Å²) in [6.45, 7) is 3.24. The van der Waals surface area contributed by atoms with Crippen LogP contribution in [0.15, 0.2) is 76.4 Å². The van der Waals surface area contributed by atoms with Crippen molar-refractivity contribution in [2.24, 2.45) is 4.99 Å². The predicted octanol–water partition coefficient (Wildman–Crippen LogP) is 5.49. The van der Waals surface area contributed by atoms with E-state index in [0.717, 1.165) is 16.8 Å². The molecule has 2 heterocycles. The molecule has 188 valence electrons. The molecule has 36 heavy (non-hydrogen) atoms. The molecule has 0 unspecified atom stereocenters. The number of benzene rings is 2. The second-order valence-corrected chi connectivity index (χ2v) is 8.65. The van der Waals surface area contributed by atoms with Gasteiger partial charge in [0.15, 0.2) is 11.8 Å². The van der Waals surface area contributed by atoms with Crippen LogP contribution < -0.4 is 10.1 Å². The summed E-state index contributed by atoms with van der Waals surface area (Å²) in [6.07, 6.45) is -2.75. The first kappa shape index (κ1) is 25.4. The van der Waals surface area contributed by atoms with Gasteiger partial charge in [0.05, 0.1) is 35.2 Å². The number of nitrogens with one attached hydrogen (secondary N) is 1. The lowest BCUT2D eigenvalue weighted by Gasteiger charge is -2.33. The van der Waals surface area contributed by atoms with Crippen LogP contribution in [0.5, 0.6) is 5.75 Å². The normalized spacial score (nSPS) is 17.0. The molecule has 2 aliphatic rings. The lowest BCUT2D eigenvalue weighted by atomic mass is 9.95. The number of amidine groups is 1. The third kappa shape index (κ3) is 5.40. The molecule has 2 aromatic carbocycles. The predicted molar refractivity (Wildman–Crippen MR) is 130 cm³/mol. The Bertz CT molecular complexity index is 1260. The second kappa shape index (κ2) is 10.5. The zero-order valence-corrected chi connectivity index (χ0v) is 20.2. The smallest absolute Gasteiger partial charge is 0.418 e. The Morgan fingerprint density at radius 1 is 1.14 bits per heavy atom. The standard InChI is InChI=1S/C25H22F3N3O4S/c1-3-34-23(33)21-15(2)29-24-31(12-13-36-24)22(21)16-8-10-17(11-9-16)35-14-20(32)30-19-7-5-4-6-18(19)25(26,27)28/h4-13,22H,3,14H2,1-2H3,(H,30,32)/t22-/m1/s1. The van der Waals surface area contributed by atoms with Crippen molar-refractivity contribution in [2.75, 3.05) is 18.5 Å². The van der Waals surface area contributed by atoms with Gasteiger partial charge in [0.1, 0.15) is 5.75 Å². The fourth-order valence-electron chi connectivity index (χ4n) is 3.82. The SMILES string of the molecule is CCOC(=O)C1=C(C)N=C2SC=CN2[C@@H]1c1ccc(OCC(=O)Nc2ccccc2C(F)(F)F)cc1. The van der Waals surface area contributed by atoms with E-state index in [1.165, 1.54) is 30.0 Å². The number of halogens is 3. The van der Waals surface area contributed by atoms with Crippen LogP contribution in [0.4, 0.5) is 18.9 Å². The quantitative estimate of drug-likeness (QED) is 0.490. The summed E-state index contributed by atoms with van der Waals surface area (Å²) in [5, 5.41) is 4.85. The molecule has 0 fully saturated rings. The van der Waals surface area contributed by atoms with Gasteiger partial charge in [-0.15, -0.1) is 0 Å². The molecule has 0 saturated heterocycles. The molecule has 0 spiro atoms. The highest BCUT2D eigenvalue weighted by molar-refractivity contribution is 8.16. The Labute approximate surface area is 209 Å². The minimum absolute atomic E-state index is 0.228. The number of hydrogen-bond donors (Lipinski definition) is 1. The lowest BCUT2D eigenvalue weighted by Crippen LogP contribution is -2.34. The molecule has 1 N–H and O–H groups in total. The number of fused-ring (bicyclic) bond motifs is 1. The van der Waals surface area contributed by atoms with Crippen molar-refractivity contribution in [2.45, 2.75) is 26.1 Å². The van der Waals surface area contributed by atoms with E-state index in [-0.39, 0.29) is 12.3 Å². The van der Waals surface area contributed by atoms with Crippen LogP contribution >= 0.6 is 11.8 Å². The number of allylic oxidation sites excluding steroid dienone is 1. The number of ether oxygens (including phenoxy) is 2. The molecular weight excluding hydrogens is 495 g/mol. The van der Waals surface area contributed by atoms with Crippen molar-refractivity contribution in [3.05, 3.63) is 82.5 Å². The number of para-hydroxylation sites is 1. The Morgan fingerprint density at radius 3 is 2.56 bits per heavy atom.